The Balaban J connectivity index is 1.61. The second-order valence-electron chi connectivity index (χ2n) is 8.66. The van der Waals surface area contributed by atoms with Gasteiger partial charge in [-0.2, -0.15) is 0 Å². The summed E-state index contributed by atoms with van der Waals surface area (Å²) in [5.41, 5.74) is 7.13. The number of aryl methyl sites for hydroxylation is 1. The number of aromatic nitrogens is 1. The minimum atomic E-state index is -0.288. The maximum Gasteiger partial charge on any atom is 0.409 e. The Morgan fingerprint density at radius 2 is 1.71 bits per heavy atom. The lowest BCUT2D eigenvalue weighted by molar-refractivity contribution is 0.0561. The van der Waals surface area contributed by atoms with Crippen LogP contribution in [-0.2, 0) is 24.1 Å². The molecule has 0 bridgehead atoms. The van der Waals surface area contributed by atoms with Gasteiger partial charge in [0.1, 0.15) is 5.69 Å². The van der Waals surface area contributed by atoms with Gasteiger partial charge in [0.25, 0.3) is 5.91 Å². The minimum Gasteiger partial charge on any atom is -0.450 e. The zero-order chi connectivity index (χ0) is 22.0. The monoisotopic (exact) mass is 423 g/mol. The maximum atomic E-state index is 13.7. The van der Waals surface area contributed by atoms with E-state index in [1.165, 1.54) is 35.2 Å². The van der Waals surface area contributed by atoms with Gasteiger partial charge in [-0.25, -0.2) is 4.79 Å². The molecule has 6 nitrogen and oxygen atoms in total. The van der Waals surface area contributed by atoms with Gasteiger partial charge in [0.05, 0.1) is 6.61 Å². The Kier molecular flexibility index (Phi) is 6.35. The normalized spacial score (nSPS) is 16.2. The largest absolute Gasteiger partial charge is 0.450 e. The average molecular weight is 424 g/mol. The summed E-state index contributed by atoms with van der Waals surface area (Å²) >= 11 is 0. The topological polar surface area (TPSA) is 54.8 Å². The van der Waals surface area contributed by atoms with Gasteiger partial charge in [0.15, 0.2) is 0 Å². The summed E-state index contributed by atoms with van der Waals surface area (Å²) < 4.78 is 7.39. The Morgan fingerprint density at radius 1 is 1.00 bits per heavy atom. The maximum absolute atomic E-state index is 13.7. The third-order valence-electron chi connectivity index (χ3n) is 6.56. The van der Waals surface area contributed by atoms with Gasteiger partial charge in [-0.3, -0.25) is 4.79 Å². The second-order valence-corrected chi connectivity index (χ2v) is 8.66. The van der Waals surface area contributed by atoms with Gasteiger partial charge < -0.3 is 19.1 Å². The SMILES string of the molecule is CCOC(=O)N1CCN(C(=O)c2c(C)c3c(n2Cc2cccc(C)c2)CCCC3)CC1. The van der Waals surface area contributed by atoms with Crippen molar-refractivity contribution in [1.29, 1.82) is 0 Å². The molecule has 4 rings (SSSR count). The third-order valence-corrected chi connectivity index (χ3v) is 6.56. The van der Waals surface area contributed by atoms with E-state index in [2.05, 4.69) is 42.7 Å². The number of hydrogen-bond acceptors (Lipinski definition) is 3. The first-order chi connectivity index (χ1) is 15.0. The number of carbonyl (C=O) groups is 2. The van der Waals surface area contributed by atoms with E-state index in [1.807, 2.05) is 11.8 Å². The Hall–Kier alpha value is -2.76. The molecular weight excluding hydrogens is 390 g/mol. The van der Waals surface area contributed by atoms with Crippen LogP contribution in [0, 0.1) is 13.8 Å². The molecule has 2 heterocycles. The van der Waals surface area contributed by atoms with Crippen molar-refractivity contribution >= 4 is 12.0 Å². The molecule has 1 aromatic heterocycles. The highest BCUT2D eigenvalue weighted by molar-refractivity contribution is 5.95. The molecule has 166 valence electrons. The van der Waals surface area contributed by atoms with E-state index in [1.54, 1.807) is 4.90 Å². The predicted octanol–water partition coefficient (Wildman–Crippen LogP) is 3.95. The highest BCUT2D eigenvalue weighted by atomic mass is 16.6. The summed E-state index contributed by atoms with van der Waals surface area (Å²) in [5, 5.41) is 0. The van der Waals surface area contributed by atoms with Crippen molar-refractivity contribution in [3.8, 4) is 0 Å². The van der Waals surface area contributed by atoms with Crippen LogP contribution in [0.25, 0.3) is 0 Å². The molecule has 1 fully saturated rings. The van der Waals surface area contributed by atoms with Crippen molar-refractivity contribution in [3.63, 3.8) is 0 Å². The zero-order valence-electron chi connectivity index (χ0n) is 18.9. The summed E-state index contributed by atoms with van der Waals surface area (Å²) in [6.07, 6.45) is 4.17. The lowest BCUT2D eigenvalue weighted by Gasteiger charge is -2.34. The van der Waals surface area contributed by atoms with Crippen molar-refractivity contribution in [1.82, 2.24) is 14.4 Å². The molecule has 2 aromatic rings. The number of fused-ring (bicyclic) bond motifs is 1. The van der Waals surface area contributed by atoms with Gasteiger partial charge >= 0.3 is 6.09 Å². The number of hydrogen-bond donors (Lipinski definition) is 0. The van der Waals surface area contributed by atoms with E-state index in [-0.39, 0.29) is 12.0 Å². The summed E-state index contributed by atoms with van der Waals surface area (Å²) in [6.45, 7) is 9.23. The number of amides is 2. The number of rotatable bonds is 4. The van der Waals surface area contributed by atoms with Crippen molar-refractivity contribution < 1.29 is 14.3 Å². The van der Waals surface area contributed by atoms with Gasteiger partial charge in [-0.1, -0.05) is 29.8 Å². The molecule has 0 N–H and O–H groups in total. The quantitative estimate of drug-likeness (QED) is 0.748. The van der Waals surface area contributed by atoms with Crippen LogP contribution in [-0.4, -0.2) is 59.2 Å². The lowest BCUT2D eigenvalue weighted by Crippen LogP contribution is -2.51. The van der Waals surface area contributed by atoms with Crippen LogP contribution in [0.4, 0.5) is 4.79 Å². The molecular formula is C25H33N3O3. The summed E-state index contributed by atoms with van der Waals surface area (Å²) in [6, 6.07) is 8.54. The van der Waals surface area contributed by atoms with Crippen LogP contribution >= 0.6 is 0 Å². The fraction of sp³-hybridized carbons (Fsp3) is 0.520. The minimum absolute atomic E-state index is 0.0862. The number of benzene rings is 1. The molecule has 0 spiro atoms. The van der Waals surface area contributed by atoms with Crippen LogP contribution in [0.2, 0.25) is 0 Å². The fourth-order valence-corrected chi connectivity index (χ4v) is 4.97. The lowest BCUT2D eigenvalue weighted by atomic mass is 9.95. The number of carbonyl (C=O) groups excluding carboxylic acids is 2. The molecule has 2 aliphatic rings. The average Bonchev–Trinajstić information content (AvgIpc) is 3.05. The molecule has 0 radical (unpaired) electrons. The van der Waals surface area contributed by atoms with Crippen molar-refractivity contribution in [2.24, 2.45) is 0 Å². The van der Waals surface area contributed by atoms with Crippen molar-refractivity contribution in [2.75, 3.05) is 32.8 Å². The van der Waals surface area contributed by atoms with Gasteiger partial charge in [-0.15, -0.1) is 0 Å². The van der Waals surface area contributed by atoms with Crippen LogP contribution in [0.5, 0.6) is 0 Å². The summed E-state index contributed by atoms with van der Waals surface area (Å²) in [5.74, 6) is 0.0862. The Morgan fingerprint density at radius 3 is 2.42 bits per heavy atom. The number of nitrogens with zero attached hydrogens (tertiary/aromatic N) is 3. The Labute approximate surface area is 184 Å². The first kappa shape index (κ1) is 21.5. The predicted molar refractivity (Wildman–Crippen MR) is 121 cm³/mol. The molecule has 1 saturated heterocycles. The number of piperazine rings is 1. The van der Waals surface area contributed by atoms with Crippen LogP contribution in [0.1, 0.15) is 58.2 Å². The molecule has 6 heteroatoms. The van der Waals surface area contributed by atoms with E-state index < -0.39 is 0 Å². The molecule has 0 unspecified atom stereocenters. The third kappa shape index (κ3) is 4.34. The van der Waals surface area contributed by atoms with E-state index in [0.717, 1.165) is 30.6 Å². The van der Waals surface area contributed by atoms with Crippen LogP contribution in [0.3, 0.4) is 0 Å². The molecule has 0 saturated carbocycles. The summed E-state index contributed by atoms with van der Waals surface area (Å²) in [4.78, 5) is 29.3. The first-order valence-electron chi connectivity index (χ1n) is 11.5. The molecule has 0 atom stereocenters. The highest BCUT2D eigenvalue weighted by Gasteiger charge is 2.31. The van der Waals surface area contributed by atoms with Gasteiger partial charge in [0.2, 0.25) is 0 Å². The van der Waals surface area contributed by atoms with Gasteiger partial charge in [-0.05, 0) is 63.1 Å². The van der Waals surface area contributed by atoms with E-state index in [0.29, 0.717) is 32.8 Å². The summed E-state index contributed by atoms with van der Waals surface area (Å²) in [7, 11) is 0. The second kappa shape index (κ2) is 9.16. The van der Waals surface area contributed by atoms with Gasteiger partial charge in [0, 0.05) is 38.4 Å². The molecule has 1 aliphatic heterocycles. The first-order valence-corrected chi connectivity index (χ1v) is 11.5. The highest BCUT2D eigenvalue weighted by Crippen LogP contribution is 2.31. The molecule has 1 aromatic carbocycles. The van der Waals surface area contributed by atoms with Crippen LogP contribution < -0.4 is 0 Å². The molecule has 2 amide bonds. The Bertz CT molecular complexity index is 971. The molecule has 31 heavy (non-hydrogen) atoms. The fourth-order valence-electron chi connectivity index (χ4n) is 4.97. The number of ether oxygens (including phenoxy) is 1. The standard InChI is InChI=1S/C25H33N3O3/c1-4-31-25(30)27-14-12-26(13-15-27)24(29)23-19(3)21-10-5-6-11-22(21)28(23)17-20-9-7-8-18(2)16-20/h7-9,16H,4-6,10-15,17H2,1-3H3. The van der Waals surface area contributed by atoms with E-state index in [4.69, 9.17) is 4.74 Å². The van der Waals surface area contributed by atoms with Crippen molar-refractivity contribution in [2.45, 2.75) is 53.0 Å². The molecule has 1 aliphatic carbocycles. The van der Waals surface area contributed by atoms with E-state index in [9.17, 15) is 9.59 Å². The van der Waals surface area contributed by atoms with Crippen LogP contribution in [0.15, 0.2) is 24.3 Å². The smallest absolute Gasteiger partial charge is 0.409 e. The zero-order valence-corrected chi connectivity index (χ0v) is 18.9. The van der Waals surface area contributed by atoms with Crippen molar-refractivity contribution in [3.05, 3.63) is 57.9 Å². The van der Waals surface area contributed by atoms with E-state index >= 15 is 0 Å².